The minimum Gasteiger partial charge on any atom is -0.267 e. The first-order valence-corrected chi connectivity index (χ1v) is 8.46. The maximum Gasteiger partial charge on any atom is 0.408 e. The number of hydrazone groups is 1. The van der Waals surface area contributed by atoms with E-state index in [1.807, 2.05) is 6.92 Å². The molecule has 28 heavy (non-hydrogen) atoms. The number of hydrogen-bond donors (Lipinski definition) is 1. The third-order valence-corrected chi connectivity index (χ3v) is 3.92. The van der Waals surface area contributed by atoms with Crippen molar-refractivity contribution < 1.29 is 18.0 Å². The zero-order valence-electron chi connectivity index (χ0n) is 15.4. The summed E-state index contributed by atoms with van der Waals surface area (Å²) in [5.41, 5.74) is 4.87. The molecular formula is C17H18F3N7O. The molecule has 11 heteroatoms. The fourth-order valence-electron chi connectivity index (χ4n) is 2.81. The van der Waals surface area contributed by atoms with Crippen LogP contribution in [0.1, 0.15) is 34.4 Å². The van der Waals surface area contributed by atoms with Gasteiger partial charge in [0.15, 0.2) is 5.65 Å². The molecule has 0 fully saturated rings. The minimum absolute atomic E-state index is 0.190. The number of hydrogen-bond acceptors (Lipinski definition) is 5. The first-order valence-electron chi connectivity index (χ1n) is 8.46. The number of amides is 1. The Morgan fingerprint density at radius 3 is 2.75 bits per heavy atom. The van der Waals surface area contributed by atoms with E-state index in [2.05, 4.69) is 25.7 Å². The Morgan fingerprint density at radius 2 is 2.07 bits per heavy atom. The molecule has 3 rings (SSSR count). The fraction of sp³-hybridized carbons (Fsp3) is 0.353. The Kier molecular flexibility index (Phi) is 5.16. The fourth-order valence-corrected chi connectivity index (χ4v) is 2.81. The number of alkyl halides is 3. The van der Waals surface area contributed by atoms with Crippen molar-refractivity contribution in [2.75, 3.05) is 0 Å². The van der Waals surface area contributed by atoms with Gasteiger partial charge in [-0.05, 0) is 32.9 Å². The molecule has 3 aromatic heterocycles. The molecule has 0 saturated carbocycles. The third kappa shape index (κ3) is 4.18. The van der Waals surface area contributed by atoms with Crippen LogP contribution in [0, 0.1) is 13.8 Å². The second-order valence-corrected chi connectivity index (χ2v) is 6.16. The second kappa shape index (κ2) is 7.41. The molecule has 0 aromatic carbocycles. The van der Waals surface area contributed by atoms with Crippen molar-refractivity contribution >= 4 is 23.2 Å². The maximum absolute atomic E-state index is 12.6. The first kappa shape index (κ1) is 19.5. The summed E-state index contributed by atoms with van der Waals surface area (Å²) in [6.45, 7) is 4.91. The van der Waals surface area contributed by atoms with Crippen molar-refractivity contribution in [1.82, 2.24) is 30.0 Å². The minimum atomic E-state index is -4.36. The normalized spacial score (nSPS) is 12.2. The molecular weight excluding hydrogens is 375 g/mol. The van der Waals surface area contributed by atoms with Crippen molar-refractivity contribution in [3.8, 4) is 0 Å². The Hall–Kier alpha value is -3.24. The van der Waals surface area contributed by atoms with Crippen LogP contribution in [-0.4, -0.2) is 42.8 Å². The van der Waals surface area contributed by atoms with E-state index in [4.69, 9.17) is 0 Å². The number of carbonyl (C=O) groups excluding carboxylic acids is 1. The van der Waals surface area contributed by atoms with Crippen molar-refractivity contribution in [3.63, 3.8) is 0 Å². The SMILES string of the molecule is CCn1nc(C)c2c(C(=O)NN=Cc3ccn(CC(F)(F)F)n3)cc(C)nc21. The van der Waals surface area contributed by atoms with Gasteiger partial charge in [-0.1, -0.05) is 0 Å². The molecule has 1 N–H and O–H groups in total. The van der Waals surface area contributed by atoms with E-state index in [9.17, 15) is 18.0 Å². The molecule has 0 unspecified atom stereocenters. The van der Waals surface area contributed by atoms with Crippen LogP contribution in [0.3, 0.4) is 0 Å². The number of carbonyl (C=O) groups is 1. The third-order valence-electron chi connectivity index (χ3n) is 3.92. The van der Waals surface area contributed by atoms with Gasteiger partial charge in [-0.3, -0.25) is 9.48 Å². The maximum atomic E-state index is 12.6. The molecule has 0 aliphatic heterocycles. The lowest BCUT2D eigenvalue weighted by atomic mass is 10.1. The van der Waals surface area contributed by atoms with Crippen LogP contribution in [0.4, 0.5) is 13.2 Å². The monoisotopic (exact) mass is 393 g/mol. The van der Waals surface area contributed by atoms with Gasteiger partial charge in [-0.2, -0.15) is 28.5 Å². The van der Waals surface area contributed by atoms with Crippen molar-refractivity contribution in [2.45, 2.75) is 40.0 Å². The molecule has 0 aliphatic rings. The topological polar surface area (TPSA) is 90.0 Å². The smallest absolute Gasteiger partial charge is 0.267 e. The second-order valence-electron chi connectivity index (χ2n) is 6.16. The van der Waals surface area contributed by atoms with E-state index < -0.39 is 18.6 Å². The molecule has 148 valence electrons. The lowest BCUT2D eigenvalue weighted by molar-refractivity contribution is -0.142. The average molecular weight is 393 g/mol. The molecule has 3 heterocycles. The standard InChI is InChI=1S/C17H18F3N7O/c1-4-27-15-14(11(3)24-27)13(7-10(2)22-15)16(28)23-21-8-12-5-6-26(25-12)9-17(18,19)20/h5-8H,4,9H2,1-3H3,(H,23,28). The number of rotatable bonds is 5. The van der Waals surface area contributed by atoms with Crippen LogP contribution in [0.25, 0.3) is 11.0 Å². The van der Waals surface area contributed by atoms with Crippen LogP contribution >= 0.6 is 0 Å². The highest BCUT2D eigenvalue weighted by Gasteiger charge is 2.28. The highest BCUT2D eigenvalue weighted by Crippen LogP contribution is 2.22. The Morgan fingerprint density at radius 1 is 1.32 bits per heavy atom. The van der Waals surface area contributed by atoms with Gasteiger partial charge >= 0.3 is 6.18 Å². The van der Waals surface area contributed by atoms with Crippen molar-refractivity contribution in [3.05, 3.63) is 41.0 Å². The summed E-state index contributed by atoms with van der Waals surface area (Å²) < 4.78 is 39.5. The van der Waals surface area contributed by atoms with E-state index in [-0.39, 0.29) is 5.69 Å². The van der Waals surface area contributed by atoms with E-state index in [0.717, 1.165) is 4.68 Å². The first-order chi connectivity index (χ1) is 13.2. The quantitative estimate of drug-likeness (QED) is 0.533. The number of nitrogens with zero attached hydrogens (tertiary/aromatic N) is 6. The summed E-state index contributed by atoms with van der Waals surface area (Å²) in [7, 11) is 0. The predicted molar refractivity (Wildman–Crippen MR) is 96.0 cm³/mol. The molecule has 1 amide bonds. The summed E-state index contributed by atoms with van der Waals surface area (Å²) in [5.74, 6) is -0.472. The summed E-state index contributed by atoms with van der Waals surface area (Å²) in [5, 5.41) is 12.5. The molecule has 8 nitrogen and oxygen atoms in total. The van der Waals surface area contributed by atoms with E-state index in [1.165, 1.54) is 18.5 Å². The zero-order chi connectivity index (χ0) is 20.5. The number of pyridine rings is 1. The van der Waals surface area contributed by atoms with E-state index >= 15 is 0 Å². The summed E-state index contributed by atoms with van der Waals surface area (Å²) in [4.78, 5) is 17.0. The zero-order valence-corrected chi connectivity index (χ0v) is 15.4. The summed E-state index contributed by atoms with van der Waals surface area (Å²) in [6, 6.07) is 3.01. The largest absolute Gasteiger partial charge is 0.408 e. The van der Waals surface area contributed by atoms with Gasteiger partial charge in [0.25, 0.3) is 5.91 Å². The van der Waals surface area contributed by atoms with Crippen LogP contribution in [0.2, 0.25) is 0 Å². The van der Waals surface area contributed by atoms with Gasteiger partial charge in [0, 0.05) is 18.4 Å². The number of aryl methyl sites for hydroxylation is 3. The van der Waals surface area contributed by atoms with Crippen LogP contribution in [-0.2, 0) is 13.1 Å². The Bertz CT molecular complexity index is 1050. The van der Waals surface area contributed by atoms with Gasteiger partial charge in [-0.25, -0.2) is 15.1 Å². The average Bonchev–Trinajstić information content (AvgIpc) is 3.16. The molecule has 3 aromatic rings. The van der Waals surface area contributed by atoms with Crippen LogP contribution in [0.5, 0.6) is 0 Å². The van der Waals surface area contributed by atoms with Crippen LogP contribution < -0.4 is 5.43 Å². The molecule has 0 atom stereocenters. The van der Waals surface area contributed by atoms with Gasteiger partial charge < -0.3 is 0 Å². The highest BCUT2D eigenvalue weighted by atomic mass is 19.4. The molecule has 0 bridgehead atoms. The number of fused-ring (bicyclic) bond motifs is 1. The lowest BCUT2D eigenvalue weighted by Gasteiger charge is -2.05. The van der Waals surface area contributed by atoms with Crippen molar-refractivity contribution in [1.29, 1.82) is 0 Å². The number of nitrogens with one attached hydrogen (secondary N) is 1. The molecule has 0 spiro atoms. The lowest BCUT2D eigenvalue weighted by Crippen LogP contribution is -2.19. The van der Waals surface area contributed by atoms with Gasteiger partial charge in [-0.15, -0.1) is 0 Å². The van der Waals surface area contributed by atoms with Crippen molar-refractivity contribution in [2.24, 2.45) is 5.10 Å². The van der Waals surface area contributed by atoms with Crippen LogP contribution in [0.15, 0.2) is 23.4 Å². The van der Waals surface area contributed by atoms with Gasteiger partial charge in [0.2, 0.25) is 0 Å². The highest BCUT2D eigenvalue weighted by molar-refractivity contribution is 6.06. The van der Waals surface area contributed by atoms with Gasteiger partial charge in [0.05, 0.1) is 22.9 Å². The Balaban J connectivity index is 1.79. The Labute approximate surface area is 158 Å². The molecule has 0 radical (unpaired) electrons. The summed E-state index contributed by atoms with van der Waals surface area (Å²) in [6.07, 6.45) is -1.99. The molecule has 0 saturated heterocycles. The predicted octanol–water partition coefficient (Wildman–Crippen LogP) is 2.59. The summed E-state index contributed by atoms with van der Waals surface area (Å²) >= 11 is 0. The van der Waals surface area contributed by atoms with E-state index in [0.29, 0.717) is 34.5 Å². The number of aromatic nitrogens is 5. The van der Waals surface area contributed by atoms with Gasteiger partial charge in [0.1, 0.15) is 12.2 Å². The number of halogens is 3. The van der Waals surface area contributed by atoms with E-state index in [1.54, 1.807) is 24.6 Å². The molecule has 0 aliphatic carbocycles.